The summed E-state index contributed by atoms with van der Waals surface area (Å²) in [5.74, 6) is 0.972. The monoisotopic (exact) mass is 283 g/mol. The largest absolute Gasteiger partial charge is 0.396 e. The highest BCUT2D eigenvalue weighted by atomic mass is 35.5. The van der Waals surface area contributed by atoms with Crippen LogP contribution in [0.3, 0.4) is 0 Å². The van der Waals surface area contributed by atoms with Crippen molar-refractivity contribution in [2.24, 2.45) is 0 Å². The molecule has 1 aromatic rings. The number of halogens is 1. The topological polar surface area (TPSA) is 49.2 Å². The van der Waals surface area contributed by atoms with Crippen molar-refractivity contribution < 1.29 is 5.11 Å². The zero-order chi connectivity index (χ0) is 13.7. The average Bonchev–Trinajstić information content (AvgIpc) is 2.35. The van der Waals surface area contributed by atoms with Crippen molar-refractivity contribution in [3.63, 3.8) is 0 Å². The Balaban J connectivity index is 2.26. The Morgan fingerprint density at radius 1 is 1.42 bits per heavy atom. The summed E-state index contributed by atoms with van der Waals surface area (Å²) < 4.78 is 0. The van der Waals surface area contributed by atoms with Gasteiger partial charge in [0.25, 0.3) is 0 Å². The van der Waals surface area contributed by atoms with Crippen LogP contribution in [0.15, 0.2) is 6.33 Å². The van der Waals surface area contributed by atoms with E-state index in [0.717, 1.165) is 37.2 Å². The third-order valence-electron chi connectivity index (χ3n) is 3.71. The molecule has 0 saturated heterocycles. The molecule has 0 aromatic carbocycles. The smallest absolute Gasteiger partial charge is 0.137 e. The summed E-state index contributed by atoms with van der Waals surface area (Å²) in [5.41, 5.74) is 1.05. The van der Waals surface area contributed by atoms with Gasteiger partial charge in [-0.15, -0.1) is 0 Å². The molecule has 0 unspecified atom stereocenters. The summed E-state index contributed by atoms with van der Waals surface area (Å²) in [7, 11) is 0. The molecule has 5 heteroatoms. The van der Waals surface area contributed by atoms with Crippen LogP contribution >= 0.6 is 11.6 Å². The van der Waals surface area contributed by atoms with Gasteiger partial charge in [-0.1, -0.05) is 24.9 Å². The van der Waals surface area contributed by atoms with Crippen molar-refractivity contribution in [2.45, 2.75) is 51.5 Å². The van der Waals surface area contributed by atoms with Gasteiger partial charge in [0.15, 0.2) is 0 Å². The lowest BCUT2D eigenvalue weighted by molar-refractivity contribution is 0.282. The Morgan fingerprint density at radius 3 is 2.79 bits per heavy atom. The van der Waals surface area contributed by atoms with Gasteiger partial charge in [-0.05, 0) is 32.1 Å². The summed E-state index contributed by atoms with van der Waals surface area (Å²) >= 11 is 6.23. The van der Waals surface area contributed by atoms with Crippen LogP contribution in [0.1, 0.15) is 44.6 Å². The second-order valence-electron chi connectivity index (χ2n) is 5.07. The number of rotatable bonds is 7. The molecule has 4 nitrogen and oxygen atoms in total. The molecule has 1 N–H and O–H groups in total. The van der Waals surface area contributed by atoms with E-state index in [0.29, 0.717) is 11.2 Å². The molecule has 0 radical (unpaired) electrons. The lowest BCUT2D eigenvalue weighted by Crippen LogP contribution is -2.42. The van der Waals surface area contributed by atoms with E-state index in [2.05, 4.69) is 21.8 Å². The lowest BCUT2D eigenvalue weighted by Gasteiger charge is -2.39. The zero-order valence-corrected chi connectivity index (χ0v) is 12.2. The van der Waals surface area contributed by atoms with E-state index in [1.165, 1.54) is 19.3 Å². The minimum absolute atomic E-state index is 0.213. The van der Waals surface area contributed by atoms with Crippen molar-refractivity contribution >= 4 is 17.4 Å². The van der Waals surface area contributed by atoms with E-state index >= 15 is 0 Å². The van der Waals surface area contributed by atoms with Crippen molar-refractivity contribution in [2.75, 3.05) is 18.1 Å². The Morgan fingerprint density at radius 2 is 2.21 bits per heavy atom. The number of aliphatic hydroxyl groups is 1. The molecule has 0 atom stereocenters. The Labute approximate surface area is 119 Å². The predicted molar refractivity (Wildman–Crippen MR) is 77.7 cm³/mol. The van der Waals surface area contributed by atoms with Crippen molar-refractivity contribution in [1.82, 2.24) is 9.97 Å². The van der Waals surface area contributed by atoms with Crippen LogP contribution in [0.4, 0.5) is 5.82 Å². The first-order chi connectivity index (χ1) is 9.27. The fourth-order valence-corrected chi connectivity index (χ4v) is 2.72. The van der Waals surface area contributed by atoms with E-state index in [-0.39, 0.29) is 6.61 Å². The van der Waals surface area contributed by atoms with Crippen LogP contribution in [0.25, 0.3) is 0 Å². The van der Waals surface area contributed by atoms with Crippen molar-refractivity contribution in [1.29, 1.82) is 0 Å². The van der Waals surface area contributed by atoms with E-state index in [4.69, 9.17) is 16.7 Å². The molecule has 1 saturated carbocycles. The Kier molecular flexibility index (Phi) is 5.40. The SMILES string of the molecule is CCCc1c(Cl)ncnc1N(CCCO)C1CCC1. The zero-order valence-electron chi connectivity index (χ0n) is 11.5. The van der Waals surface area contributed by atoms with Gasteiger partial charge in [-0.2, -0.15) is 0 Å². The molecule has 0 amide bonds. The van der Waals surface area contributed by atoms with Crippen LogP contribution in [0.2, 0.25) is 5.15 Å². The fraction of sp³-hybridized carbons (Fsp3) is 0.714. The molecule has 1 fully saturated rings. The van der Waals surface area contributed by atoms with E-state index in [1.54, 1.807) is 6.33 Å². The summed E-state index contributed by atoms with van der Waals surface area (Å²) in [6, 6.07) is 0.549. The molecule has 1 heterocycles. The van der Waals surface area contributed by atoms with Crippen molar-refractivity contribution in [3.05, 3.63) is 17.0 Å². The van der Waals surface area contributed by atoms with Crippen LogP contribution < -0.4 is 4.90 Å². The summed E-state index contributed by atoms with van der Waals surface area (Å²) in [6.07, 6.45) is 7.93. The number of nitrogens with zero attached hydrogens (tertiary/aromatic N) is 3. The maximum Gasteiger partial charge on any atom is 0.137 e. The summed E-state index contributed by atoms with van der Waals surface area (Å²) in [4.78, 5) is 10.9. The second kappa shape index (κ2) is 7.06. The highest BCUT2D eigenvalue weighted by Crippen LogP contribution is 2.32. The minimum atomic E-state index is 0.213. The predicted octanol–water partition coefficient (Wildman–Crippen LogP) is 2.82. The second-order valence-corrected chi connectivity index (χ2v) is 5.43. The Hall–Kier alpha value is -0.870. The fourth-order valence-electron chi connectivity index (χ4n) is 2.50. The lowest BCUT2D eigenvalue weighted by atomic mass is 9.91. The summed E-state index contributed by atoms with van der Waals surface area (Å²) in [5, 5.41) is 9.65. The molecule has 0 aliphatic heterocycles. The van der Waals surface area contributed by atoms with Crippen LogP contribution in [-0.2, 0) is 6.42 Å². The molecule has 0 bridgehead atoms. The first-order valence-corrected chi connectivity index (χ1v) is 7.52. The number of aliphatic hydroxyl groups excluding tert-OH is 1. The molecule has 1 aliphatic rings. The molecule has 2 rings (SSSR count). The van der Waals surface area contributed by atoms with Gasteiger partial charge in [0.1, 0.15) is 17.3 Å². The third-order valence-corrected chi connectivity index (χ3v) is 4.04. The summed E-state index contributed by atoms with van der Waals surface area (Å²) in [6.45, 7) is 3.19. The van der Waals surface area contributed by atoms with Gasteiger partial charge in [0.2, 0.25) is 0 Å². The maximum atomic E-state index is 9.08. The van der Waals surface area contributed by atoms with Crippen LogP contribution in [0.5, 0.6) is 0 Å². The van der Waals surface area contributed by atoms with Gasteiger partial charge in [-0.25, -0.2) is 9.97 Å². The van der Waals surface area contributed by atoms with Gasteiger partial charge < -0.3 is 10.0 Å². The third kappa shape index (κ3) is 3.37. The van der Waals surface area contributed by atoms with E-state index < -0.39 is 0 Å². The van der Waals surface area contributed by atoms with E-state index in [9.17, 15) is 0 Å². The molecule has 106 valence electrons. The highest BCUT2D eigenvalue weighted by molar-refractivity contribution is 6.30. The molecule has 0 spiro atoms. The maximum absolute atomic E-state index is 9.08. The van der Waals surface area contributed by atoms with Gasteiger partial charge in [-0.3, -0.25) is 0 Å². The van der Waals surface area contributed by atoms with Gasteiger partial charge in [0, 0.05) is 24.8 Å². The molecular weight excluding hydrogens is 262 g/mol. The van der Waals surface area contributed by atoms with E-state index in [1.807, 2.05) is 0 Å². The first-order valence-electron chi connectivity index (χ1n) is 7.14. The molecule has 19 heavy (non-hydrogen) atoms. The quantitative estimate of drug-likeness (QED) is 0.782. The normalized spacial score (nSPS) is 15.3. The first kappa shape index (κ1) is 14.5. The molecule has 1 aliphatic carbocycles. The Bertz CT molecular complexity index is 410. The van der Waals surface area contributed by atoms with Gasteiger partial charge >= 0.3 is 0 Å². The van der Waals surface area contributed by atoms with Crippen molar-refractivity contribution in [3.8, 4) is 0 Å². The number of hydrogen-bond donors (Lipinski definition) is 1. The van der Waals surface area contributed by atoms with Crippen LogP contribution in [-0.4, -0.2) is 34.3 Å². The minimum Gasteiger partial charge on any atom is -0.396 e. The standard InChI is InChI=1S/C14H22ClN3O/c1-2-5-12-13(15)16-10-17-14(12)18(8-4-9-19)11-6-3-7-11/h10-11,19H,2-9H2,1H3. The number of hydrogen-bond acceptors (Lipinski definition) is 4. The molecular formula is C14H22ClN3O. The van der Waals surface area contributed by atoms with Crippen LogP contribution in [0, 0.1) is 0 Å². The van der Waals surface area contributed by atoms with Gasteiger partial charge in [0.05, 0.1) is 0 Å². The molecule has 1 aromatic heterocycles. The average molecular weight is 284 g/mol. The number of aromatic nitrogens is 2. The number of anilines is 1. The highest BCUT2D eigenvalue weighted by Gasteiger charge is 2.27.